The molecule has 0 saturated heterocycles. The van der Waals surface area contributed by atoms with Crippen molar-refractivity contribution in [2.45, 2.75) is 18.8 Å². The van der Waals surface area contributed by atoms with Crippen LogP contribution in [0.3, 0.4) is 0 Å². The summed E-state index contributed by atoms with van der Waals surface area (Å²) in [5.74, 6) is -0.414. The van der Waals surface area contributed by atoms with Crippen LogP contribution in [0.4, 0.5) is 0 Å². The highest BCUT2D eigenvalue weighted by Crippen LogP contribution is 2.41. The van der Waals surface area contributed by atoms with Crippen molar-refractivity contribution < 1.29 is 19.8 Å². The largest absolute Gasteiger partial charge is 0.496 e. The summed E-state index contributed by atoms with van der Waals surface area (Å²) in [5.41, 5.74) is 2.12. The molecule has 1 aliphatic carbocycles. The van der Waals surface area contributed by atoms with Crippen LogP contribution < -0.4 is 4.74 Å². The minimum Gasteiger partial charge on any atom is -0.496 e. The van der Waals surface area contributed by atoms with Crippen molar-refractivity contribution in [3.05, 3.63) is 29.3 Å². The second-order valence-electron chi connectivity index (χ2n) is 3.97. The molecule has 0 saturated carbocycles. The Morgan fingerprint density at radius 3 is 2.94 bits per heavy atom. The molecule has 1 atom stereocenters. The van der Waals surface area contributed by atoms with Crippen molar-refractivity contribution in [3.63, 3.8) is 0 Å². The van der Waals surface area contributed by atoms with Gasteiger partial charge in [-0.25, -0.2) is 0 Å². The zero-order chi connectivity index (χ0) is 12.4. The number of aliphatic carboxylic acids is 1. The van der Waals surface area contributed by atoms with E-state index in [2.05, 4.69) is 5.16 Å². The fourth-order valence-electron chi connectivity index (χ4n) is 2.32. The molecule has 90 valence electrons. The Morgan fingerprint density at radius 1 is 1.59 bits per heavy atom. The van der Waals surface area contributed by atoms with Gasteiger partial charge in [0.25, 0.3) is 0 Å². The number of benzene rings is 1. The number of carboxylic acid groups (broad SMARTS) is 1. The molecule has 0 fully saturated rings. The minimum absolute atomic E-state index is 0.00634. The molecule has 1 aromatic carbocycles. The number of fused-ring (bicyclic) bond motifs is 1. The van der Waals surface area contributed by atoms with E-state index in [9.17, 15) is 4.79 Å². The van der Waals surface area contributed by atoms with E-state index in [0.717, 1.165) is 11.1 Å². The van der Waals surface area contributed by atoms with Crippen LogP contribution in [0.1, 0.15) is 29.9 Å². The summed E-state index contributed by atoms with van der Waals surface area (Å²) in [6.07, 6.45) is 0.435. The lowest BCUT2D eigenvalue weighted by Gasteiger charge is -2.12. The van der Waals surface area contributed by atoms with Gasteiger partial charge in [0.05, 0.1) is 19.2 Å². The molecule has 1 aromatic rings. The van der Waals surface area contributed by atoms with E-state index in [4.69, 9.17) is 15.1 Å². The lowest BCUT2D eigenvalue weighted by atomic mass is 9.97. The van der Waals surface area contributed by atoms with Crippen molar-refractivity contribution in [1.82, 2.24) is 0 Å². The summed E-state index contributed by atoms with van der Waals surface area (Å²) >= 11 is 0. The third-order valence-corrected chi connectivity index (χ3v) is 2.99. The van der Waals surface area contributed by atoms with E-state index in [1.165, 1.54) is 0 Å². The second-order valence-corrected chi connectivity index (χ2v) is 3.97. The number of carbonyl (C=O) groups is 1. The molecule has 1 unspecified atom stereocenters. The number of methoxy groups -OCH3 is 1. The average molecular weight is 235 g/mol. The van der Waals surface area contributed by atoms with Crippen LogP contribution >= 0.6 is 0 Å². The maximum atomic E-state index is 10.8. The normalized spacial score (nSPS) is 20.3. The van der Waals surface area contributed by atoms with Crippen molar-refractivity contribution in [1.29, 1.82) is 0 Å². The molecule has 5 heteroatoms. The minimum atomic E-state index is -0.869. The number of nitrogens with zero attached hydrogens (tertiary/aromatic N) is 1. The number of carboxylic acids is 1. The van der Waals surface area contributed by atoms with Gasteiger partial charge >= 0.3 is 5.97 Å². The standard InChI is InChI=1S/C12H13NO4/c1-17-10-4-2-3-8-9(13-16)5-7(12(8)10)6-11(14)15/h2-4,7,16H,5-6H2,1H3,(H,14,15)/b13-9-. The fourth-order valence-corrected chi connectivity index (χ4v) is 2.32. The Kier molecular flexibility index (Phi) is 2.99. The Hall–Kier alpha value is -2.04. The van der Waals surface area contributed by atoms with Crippen LogP contribution in [0.5, 0.6) is 5.75 Å². The van der Waals surface area contributed by atoms with Gasteiger partial charge in [-0.2, -0.15) is 0 Å². The molecule has 0 amide bonds. The first-order valence-electron chi connectivity index (χ1n) is 5.27. The van der Waals surface area contributed by atoms with Gasteiger partial charge in [0.2, 0.25) is 0 Å². The van der Waals surface area contributed by atoms with Gasteiger partial charge in [0, 0.05) is 23.5 Å². The maximum Gasteiger partial charge on any atom is 0.303 e. The first kappa shape index (κ1) is 11.4. The maximum absolute atomic E-state index is 10.8. The van der Waals surface area contributed by atoms with Gasteiger partial charge in [-0.15, -0.1) is 0 Å². The van der Waals surface area contributed by atoms with E-state index >= 15 is 0 Å². The summed E-state index contributed by atoms with van der Waals surface area (Å²) < 4.78 is 5.23. The highest BCUT2D eigenvalue weighted by Gasteiger charge is 2.32. The van der Waals surface area contributed by atoms with E-state index in [-0.39, 0.29) is 12.3 Å². The summed E-state index contributed by atoms with van der Waals surface area (Å²) in [4.78, 5) is 10.8. The van der Waals surface area contributed by atoms with Gasteiger partial charge in [-0.05, 0) is 6.07 Å². The first-order valence-corrected chi connectivity index (χ1v) is 5.27. The fraction of sp³-hybridized carbons (Fsp3) is 0.333. The van der Waals surface area contributed by atoms with Gasteiger partial charge in [0.15, 0.2) is 0 Å². The third-order valence-electron chi connectivity index (χ3n) is 2.99. The van der Waals surface area contributed by atoms with Crippen molar-refractivity contribution in [2.75, 3.05) is 7.11 Å². The first-order chi connectivity index (χ1) is 8.17. The molecule has 2 N–H and O–H groups in total. The summed E-state index contributed by atoms with van der Waals surface area (Å²) in [6, 6.07) is 5.40. The topological polar surface area (TPSA) is 79.1 Å². The second kappa shape index (κ2) is 4.45. The quantitative estimate of drug-likeness (QED) is 0.618. The van der Waals surface area contributed by atoms with Crippen LogP contribution in [0.2, 0.25) is 0 Å². The molecule has 0 aliphatic heterocycles. The van der Waals surface area contributed by atoms with Crippen LogP contribution in [0.15, 0.2) is 23.4 Å². The van der Waals surface area contributed by atoms with Crippen LogP contribution in [0, 0.1) is 0 Å². The Balaban J connectivity index is 2.49. The molecule has 0 radical (unpaired) electrons. The average Bonchev–Trinajstić information content (AvgIpc) is 2.66. The summed E-state index contributed by atoms with van der Waals surface area (Å²) in [7, 11) is 1.54. The van der Waals surface area contributed by atoms with E-state index in [1.54, 1.807) is 19.2 Å². The molecule has 1 aliphatic rings. The highest BCUT2D eigenvalue weighted by molar-refractivity contribution is 6.06. The molecule has 2 rings (SSSR count). The molecule has 0 aromatic heterocycles. The number of ether oxygens (including phenoxy) is 1. The van der Waals surface area contributed by atoms with Crippen LogP contribution in [0.25, 0.3) is 0 Å². The van der Waals surface area contributed by atoms with Gasteiger partial charge in [0.1, 0.15) is 5.75 Å². The van der Waals surface area contributed by atoms with Crippen molar-refractivity contribution in [3.8, 4) is 5.75 Å². The smallest absolute Gasteiger partial charge is 0.303 e. The van der Waals surface area contributed by atoms with Crippen molar-refractivity contribution >= 4 is 11.7 Å². The zero-order valence-electron chi connectivity index (χ0n) is 9.38. The van der Waals surface area contributed by atoms with Crippen LogP contribution in [-0.2, 0) is 4.79 Å². The molecular weight excluding hydrogens is 222 g/mol. The van der Waals surface area contributed by atoms with Crippen molar-refractivity contribution in [2.24, 2.45) is 5.16 Å². The molecular formula is C12H13NO4. The molecule has 0 spiro atoms. The van der Waals surface area contributed by atoms with E-state index in [1.807, 2.05) is 6.07 Å². The zero-order valence-corrected chi connectivity index (χ0v) is 9.38. The monoisotopic (exact) mass is 235 g/mol. The number of oxime groups is 1. The molecule has 0 bridgehead atoms. The molecule has 17 heavy (non-hydrogen) atoms. The molecule has 5 nitrogen and oxygen atoms in total. The van der Waals surface area contributed by atoms with Gasteiger partial charge in [-0.3, -0.25) is 4.79 Å². The Labute approximate surface area is 98.3 Å². The summed E-state index contributed by atoms with van der Waals surface area (Å²) in [6.45, 7) is 0. The summed E-state index contributed by atoms with van der Waals surface area (Å²) in [5, 5.41) is 21.0. The lowest BCUT2D eigenvalue weighted by molar-refractivity contribution is -0.137. The third kappa shape index (κ3) is 1.95. The van der Waals surface area contributed by atoms with Crippen LogP contribution in [-0.4, -0.2) is 29.1 Å². The van der Waals surface area contributed by atoms with E-state index < -0.39 is 5.97 Å². The SMILES string of the molecule is COc1cccc2c1C(CC(=O)O)C/C2=N/O. The predicted octanol–water partition coefficient (Wildman–Crippen LogP) is 1.84. The predicted molar refractivity (Wildman–Crippen MR) is 60.9 cm³/mol. The Morgan fingerprint density at radius 2 is 2.35 bits per heavy atom. The van der Waals surface area contributed by atoms with Gasteiger partial charge < -0.3 is 15.1 Å². The Bertz CT molecular complexity index is 481. The number of hydrogen-bond acceptors (Lipinski definition) is 4. The molecule has 0 heterocycles. The number of hydrogen-bond donors (Lipinski definition) is 2. The lowest BCUT2D eigenvalue weighted by Crippen LogP contribution is -2.04. The van der Waals surface area contributed by atoms with E-state index in [0.29, 0.717) is 17.9 Å². The highest BCUT2D eigenvalue weighted by atomic mass is 16.5. The van der Waals surface area contributed by atoms with Gasteiger partial charge in [-0.1, -0.05) is 17.3 Å². The number of rotatable bonds is 3.